The highest BCUT2D eigenvalue weighted by Gasteiger charge is 2.30. The van der Waals surface area contributed by atoms with E-state index in [2.05, 4.69) is 39.1 Å². The van der Waals surface area contributed by atoms with E-state index in [0.717, 1.165) is 13.1 Å². The van der Waals surface area contributed by atoms with Gasteiger partial charge in [-0.25, -0.2) is 4.99 Å². The molecule has 0 unspecified atom stereocenters. The van der Waals surface area contributed by atoms with Gasteiger partial charge in [-0.1, -0.05) is 0 Å². The fourth-order valence-corrected chi connectivity index (χ4v) is 3.37. The highest BCUT2D eigenvalue weighted by molar-refractivity contribution is 14.0. The van der Waals surface area contributed by atoms with Crippen molar-refractivity contribution in [1.82, 2.24) is 15.5 Å². The summed E-state index contributed by atoms with van der Waals surface area (Å²) in [6, 6.07) is 4.27. The first-order valence-electron chi connectivity index (χ1n) is 10.1. The predicted octanol–water partition coefficient (Wildman–Crippen LogP) is 3.56. The molecule has 0 amide bonds. The second-order valence-electron chi connectivity index (χ2n) is 7.38. The smallest absolute Gasteiger partial charge is 0.387 e. The van der Waals surface area contributed by atoms with Crippen molar-refractivity contribution in [2.24, 2.45) is 4.99 Å². The van der Waals surface area contributed by atoms with Gasteiger partial charge in [-0.3, -0.25) is 4.90 Å². The van der Waals surface area contributed by atoms with E-state index in [1.54, 1.807) is 6.07 Å². The Labute approximate surface area is 193 Å². The number of rotatable bonds is 10. The minimum atomic E-state index is -2.92. The van der Waals surface area contributed by atoms with Crippen LogP contribution in [0, 0.1) is 0 Å². The number of guanidine groups is 1. The van der Waals surface area contributed by atoms with Gasteiger partial charge in [-0.15, -0.1) is 24.0 Å². The van der Waals surface area contributed by atoms with Crippen LogP contribution in [-0.2, 0) is 6.54 Å². The molecule has 1 saturated carbocycles. The van der Waals surface area contributed by atoms with Gasteiger partial charge in [0.25, 0.3) is 0 Å². The van der Waals surface area contributed by atoms with Gasteiger partial charge in [0.15, 0.2) is 17.5 Å². The Morgan fingerprint density at radius 2 is 1.93 bits per heavy atom. The molecule has 1 aromatic carbocycles. The third kappa shape index (κ3) is 7.00. The number of hydrogen-bond acceptors (Lipinski definition) is 5. The SMILES string of the molecule is CCNC(=NCc1cc2c(cc1OC(F)F)OCO2)NCCN(C(C)C)C1CC1.I. The van der Waals surface area contributed by atoms with E-state index >= 15 is 0 Å². The summed E-state index contributed by atoms with van der Waals surface area (Å²) >= 11 is 0. The molecule has 0 radical (unpaired) electrons. The second kappa shape index (κ2) is 11.7. The summed E-state index contributed by atoms with van der Waals surface area (Å²) in [5.74, 6) is 1.58. The van der Waals surface area contributed by atoms with E-state index in [-0.39, 0.29) is 43.1 Å². The molecule has 0 atom stereocenters. The Morgan fingerprint density at radius 3 is 2.53 bits per heavy atom. The number of halogens is 3. The van der Waals surface area contributed by atoms with E-state index in [1.165, 1.54) is 18.9 Å². The lowest BCUT2D eigenvalue weighted by Crippen LogP contribution is -2.43. The van der Waals surface area contributed by atoms with Gasteiger partial charge >= 0.3 is 6.61 Å². The number of hydrogen-bond donors (Lipinski definition) is 2. The van der Waals surface area contributed by atoms with Crippen LogP contribution in [0.5, 0.6) is 17.2 Å². The van der Waals surface area contributed by atoms with Crippen molar-refractivity contribution in [3.8, 4) is 17.2 Å². The summed E-state index contributed by atoms with van der Waals surface area (Å²) in [5, 5.41) is 6.51. The van der Waals surface area contributed by atoms with Crippen molar-refractivity contribution in [2.75, 3.05) is 26.4 Å². The summed E-state index contributed by atoms with van der Waals surface area (Å²) < 4.78 is 40.8. The van der Waals surface area contributed by atoms with Crippen LogP contribution in [0.4, 0.5) is 8.78 Å². The Morgan fingerprint density at radius 1 is 1.23 bits per heavy atom. The molecule has 0 saturated heterocycles. The average Bonchev–Trinajstić information content (AvgIpc) is 3.39. The molecular weight excluding hydrogens is 509 g/mol. The lowest BCUT2D eigenvalue weighted by Gasteiger charge is -2.26. The molecule has 1 heterocycles. The maximum atomic E-state index is 12.8. The molecule has 30 heavy (non-hydrogen) atoms. The van der Waals surface area contributed by atoms with Crippen molar-refractivity contribution in [1.29, 1.82) is 0 Å². The first kappa shape index (κ1) is 24.7. The second-order valence-corrected chi connectivity index (χ2v) is 7.38. The standard InChI is InChI=1S/C20H30F2N4O3.HI/c1-4-23-20(24-7-8-26(13(2)3)15-5-6-15)25-11-14-9-17-18(28-12-27-17)10-16(14)29-19(21)22;/h9-10,13,15,19H,4-8,11-12H2,1-3H3,(H2,23,24,25);1H. The van der Waals surface area contributed by atoms with E-state index in [1.807, 2.05) is 6.92 Å². The number of aliphatic imine (C=N–C) groups is 1. The summed E-state index contributed by atoms with van der Waals surface area (Å²) in [4.78, 5) is 7.02. The Bertz CT molecular complexity index is 716. The van der Waals surface area contributed by atoms with Crippen LogP contribution in [0.1, 0.15) is 39.2 Å². The van der Waals surface area contributed by atoms with Crippen molar-refractivity contribution < 1.29 is 23.0 Å². The zero-order valence-electron chi connectivity index (χ0n) is 17.6. The van der Waals surface area contributed by atoms with Gasteiger partial charge in [-0.2, -0.15) is 8.78 Å². The Hall–Kier alpha value is -1.56. The van der Waals surface area contributed by atoms with Gasteiger partial charge in [0.1, 0.15) is 5.75 Å². The highest BCUT2D eigenvalue weighted by atomic mass is 127. The number of benzene rings is 1. The maximum Gasteiger partial charge on any atom is 0.387 e. The summed E-state index contributed by atoms with van der Waals surface area (Å²) in [5.41, 5.74) is 0.508. The number of alkyl halides is 2. The molecule has 1 aliphatic carbocycles. The molecule has 2 aliphatic rings. The first-order valence-corrected chi connectivity index (χ1v) is 10.1. The van der Waals surface area contributed by atoms with Crippen molar-refractivity contribution in [2.45, 2.75) is 58.9 Å². The third-order valence-electron chi connectivity index (χ3n) is 4.87. The average molecular weight is 540 g/mol. The normalized spacial score (nSPS) is 15.5. The van der Waals surface area contributed by atoms with Crippen molar-refractivity contribution in [3.05, 3.63) is 17.7 Å². The predicted molar refractivity (Wildman–Crippen MR) is 122 cm³/mol. The fraction of sp³-hybridized carbons (Fsp3) is 0.650. The summed E-state index contributed by atoms with van der Waals surface area (Å²) in [6.07, 6.45) is 2.53. The van der Waals surface area contributed by atoms with Gasteiger partial charge in [0.2, 0.25) is 6.79 Å². The van der Waals surface area contributed by atoms with Gasteiger partial charge in [-0.05, 0) is 39.7 Å². The lowest BCUT2D eigenvalue weighted by molar-refractivity contribution is -0.0505. The Balaban J connectivity index is 0.00000320. The molecule has 170 valence electrons. The van der Waals surface area contributed by atoms with Crippen LogP contribution in [0.15, 0.2) is 17.1 Å². The van der Waals surface area contributed by atoms with E-state index in [4.69, 9.17) is 9.47 Å². The summed E-state index contributed by atoms with van der Waals surface area (Å²) in [6.45, 7) is 6.09. The first-order chi connectivity index (χ1) is 14.0. The van der Waals surface area contributed by atoms with E-state index in [9.17, 15) is 8.78 Å². The Kier molecular flexibility index (Phi) is 9.66. The molecule has 0 spiro atoms. The van der Waals surface area contributed by atoms with Gasteiger partial charge in [0, 0.05) is 43.3 Å². The number of nitrogens with zero attached hydrogens (tertiary/aromatic N) is 2. The molecule has 3 rings (SSSR count). The molecule has 0 bridgehead atoms. The van der Waals surface area contributed by atoms with Crippen LogP contribution < -0.4 is 24.8 Å². The molecule has 7 nitrogen and oxygen atoms in total. The van der Waals surface area contributed by atoms with Crippen LogP contribution in [0.25, 0.3) is 0 Å². The van der Waals surface area contributed by atoms with Crippen LogP contribution >= 0.6 is 24.0 Å². The van der Waals surface area contributed by atoms with Crippen LogP contribution in [-0.4, -0.2) is 56.0 Å². The molecular formula is C20H31F2IN4O3. The molecule has 1 aliphatic heterocycles. The number of ether oxygens (including phenoxy) is 3. The number of nitrogens with one attached hydrogen (secondary N) is 2. The fourth-order valence-electron chi connectivity index (χ4n) is 3.37. The monoisotopic (exact) mass is 540 g/mol. The quantitative estimate of drug-likeness (QED) is 0.269. The van der Waals surface area contributed by atoms with Crippen molar-refractivity contribution in [3.63, 3.8) is 0 Å². The largest absolute Gasteiger partial charge is 0.454 e. The van der Waals surface area contributed by atoms with Crippen molar-refractivity contribution >= 4 is 29.9 Å². The lowest BCUT2D eigenvalue weighted by atomic mass is 10.1. The highest BCUT2D eigenvalue weighted by Crippen LogP contribution is 2.39. The van der Waals surface area contributed by atoms with Crippen LogP contribution in [0.2, 0.25) is 0 Å². The van der Waals surface area contributed by atoms with Gasteiger partial charge < -0.3 is 24.8 Å². The zero-order chi connectivity index (χ0) is 20.8. The number of fused-ring (bicyclic) bond motifs is 1. The topological polar surface area (TPSA) is 67.4 Å². The minimum Gasteiger partial charge on any atom is -0.454 e. The molecule has 10 heteroatoms. The van der Waals surface area contributed by atoms with Gasteiger partial charge in [0.05, 0.1) is 6.54 Å². The maximum absolute atomic E-state index is 12.8. The summed E-state index contributed by atoms with van der Waals surface area (Å²) in [7, 11) is 0. The van der Waals surface area contributed by atoms with Crippen LogP contribution in [0.3, 0.4) is 0 Å². The molecule has 1 aromatic rings. The van der Waals surface area contributed by atoms with E-state index < -0.39 is 6.61 Å². The zero-order valence-corrected chi connectivity index (χ0v) is 20.0. The van der Waals surface area contributed by atoms with E-state index in [0.29, 0.717) is 41.7 Å². The molecule has 0 aromatic heterocycles. The minimum absolute atomic E-state index is 0. The third-order valence-corrected chi connectivity index (χ3v) is 4.87. The molecule has 2 N–H and O–H groups in total. The molecule has 1 fully saturated rings.